The number of amides is 2. The number of hydrogen-bond donors (Lipinski definition) is 3. The van der Waals surface area contributed by atoms with Crippen LogP contribution < -0.4 is 20.2 Å². The molecule has 1 aliphatic heterocycles. The van der Waals surface area contributed by atoms with Gasteiger partial charge in [0, 0.05) is 17.5 Å². The Morgan fingerprint density at radius 2 is 1.82 bits per heavy atom. The molecule has 0 bridgehead atoms. The van der Waals surface area contributed by atoms with Crippen LogP contribution in [-0.4, -0.2) is 36.3 Å². The molecule has 0 saturated carbocycles. The molecular weight excluding hydrogens is 362 g/mol. The van der Waals surface area contributed by atoms with Crippen molar-refractivity contribution < 1.29 is 24.2 Å². The van der Waals surface area contributed by atoms with Crippen LogP contribution in [0.15, 0.2) is 54.7 Å². The average molecular weight is 383 g/mol. The predicted molar refractivity (Wildman–Crippen MR) is 103 cm³/mol. The number of carboxylic acid groups (broad SMARTS) is 1. The second kappa shape index (κ2) is 8.45. The Balaban J connectivity index is 1.74. The van der Waals surface area contributed by atoms with Crippen LogP contribution in [0.25, 0.3) is 0 Å². The summed E-state index contributed by atoms with van der Waals surface area (Å²) in [6, 6.07) is 11.8. The first kappa shape index (κ1) is 19.2. The van der Waals surface area contributed by atoms with Crippen molar-refractivity contribution in [3.63, 3.8) is 0 Å². The molecule has 1 heterocycles. The highest BCUT2D eigenvalue weighted by molar-refractivity contribution is 5.95. The summed E-state index contributed by atoms with van der Waals surface area (Å²) in [6.45, 7) is 0. The van der Waals surface area contributed by atoms with Crippen LogP contribution in [0.4, 0.5) is 10.5 Å². The van der Waals surface area contributed by atoms with E-state index in [1.54, 1.807) is 44.7 Å². The Labute approximate surface area is 162 Å². The molecule has 3 N–H and O–H groups in total. The molecule has 2 aromatic rings. The summed E-state index contributed by atoms with van der Waals surface area (Å²) in [5.74, 6) is 1.01. The largest absolute Gasteiger partial charge is 0.493 e. The summed E-state index contributed by atoms with van der Waals surface area (Å²) in [7, 11) is 3.16. The van der Waals surface area contributed by atoms with Gasteiger partial charge in [-0.25, -0.2) is 15.2 Å². The van der Waals surface area contributed by atoms with Gasteiger partial charge in [-0.05, 0) is 48.4 Å². The first-order chi connectivity index (χ1) is 13.5. The Morgan fingerprint density at radius 1 is 1.11 bits per heavy atom. The highest BCUT2D eigenvalue weighted by Gasteiger charge is 2.23. The molecule has 146 valence electrons. The molecule has 3 rings (SSSR count). The van der Waals surface area contributed by atoms with Gasteiger partial charge in [0.1, 0.15) is 0 Å². The first-order valence-electron chi connectivity index (χ1n) is 8.60. The molecule has 0 spiro atoms. The van der Waals surface area contributed by atoms with Gasteiger partial charge < -0.3 is 14.6 Å². The zero-order valence-corrected chi connectivity index (χ0v) is 15.5. The minimum absolute atomic E-state index is 0.110. The van der Waals surface area contributed by atoms with Gasteiger partial charge in [-0.2, -0.15) is 0 Å². The van der Waals surface area contributed by atoms with E-state index in [4.69, 9.17) is 14.6 Å². The monoisotopic (exact) mass is 383 g/mol. The number of hydrazine groups is 1. The lowest BCUT2D eigenvalue weighted by atomic mass is 10.0. The molecule has 0 fully saturated rings. The molecule has 0 aliphatic carbocycles. The second-order valence-electron chi connectivity index (χ2n) is 6.10. The summed E-state index contributed by atoms with van der Waals surface area (Å²) in [5, 5.41) is 12.4. The number of rotatable bonds is 5. The summed E-state index contributed by atoms with van der Waals surface area (Å²) >= 11 is 0. The average Bonchev–Trinajstić information content (AvgIpc) is 2.73. The summed E-state index contributed by atoms with van der Waals surface area (Å²) in [5.41, 5.74) is 4.98. The van der Waals surface area contributed by atoms with Crippen molar-refractivity contribution >= 4 is 17.7 Å². The van der Waals surface area contributed by atoms with Gasteiger partial charge in [0.2, 0.25) is 0 Å². The third kappa shape index (κ3) is 4.24. The van der Waals surface area contributed by atoms with Crippen molar-refractivity contribution in [3.8, 4) is 11.5 Å². The van der Waals surface area contributed by atoms with Crippen molar-refractivity contribution in [2.24, 2.45) is 0 Å². The zero-order chi connectivity index (χ0) is 20.1. The Morgan fingerprint density at radius 3 is 2.46 bits per heavy atom. The number of carbonyl (C=O) groups excluding carboxylic acids is 1. The molecule has 8 heteroatoms. The Hall–Kier alpha value is -3.52. The van der Waals surface area contributed by atoms with Gasteiger partial charge in [-0.1, -0.05) is 12.1 Å². The zero-order valence-electron chi connectivity index (χ0n) is 15.5. The van der Waals surface area contributed by atoms with Crippen molar-refractivity contribution in [3.05, 3.63) is 65.9 Å². The lowest BCUT2D eigenvalue weighted by Crippen LogP contribution is -2.43. The van der Waals surface area contributed by atoms with E-state index < -0.39 is 6.09 Å². The van der Waals surface area contributed by atoms with Crippen molar-refractivity contribution in [2.75, 3.05) is 19.5 Å². The number of ether oxygens (including phenoxy) is 2. The van der Waals surface area contributed by atoms with Gasteiger partial charge in [0.05, 0.1) is 20.3 Å². The maximum absolute atomic E-state index is 12.8. The fraction of sp³-hybridized carbons (Fsp3) is 0.200. The summed E-state index contributed by atoms with van der Waals surface area (Å²) in [6.07, 6.45) is 3.15. The van der Waals surface area contributed by atoms with Crippen LogP contribution in [-0.2, 0) is 0 Å². The standard InChI is InChI=1S/C20H21N3O5/c1-27-17-10-7-14(12-18(17)28-2)16-4-3-11-23(22-16)19(24)13-5-8-15(9-6-13)21-20(25)26/h3,5-12,16,21-22H,4H2,1-2H3,(H,25,26). The highest BCUT2D eigenvalue weighted by atomic mass is 16.5. The molecule has 8 nitrogen and oxygen atoms in total. The van der Waals surface area contributed by atoms with E-state index >= 15 is 0 Å². The van der Waals surface area contributed by atoms with Gasteiger partial charge in [-0.3, -0.25) is 10.1 Å². The number of hydrogen-bond acceptors (Lipinski definition) is 5. The van der Waals surface area contributed by atoms with E-state index in [1.807, 2.05) is 24.3 Å². The highest BCUT2D eigenvalue weighted by Crippen LogP contribution is 2.32. The lowest BCUT2D eigenvalue weighted by molar-refractivity contribution is 0.0713. The molecule has 0 saturated heterocycles. The summed E-state index contributed by atoms with van der Waals surface area (Å²) < 4.78 is 10.6. The first-order valence-corrected chi connectivity index (χ1v) is 8.60. The molecule has 1 unspecified atom stereocenters. The van der Waals surface area contributed by atoms with E-state index in [2.05, 4.69) is 10.7 Å². The number of methoxy groups -OCH3 is 2. The maximum Gasteiger partial charge on any atom is 0.409 e. The third-order valence-corrected chi connectivity index (χ3v) is 4.33. The van der Waals surface area contributed by atoms with E-state index in [0.717, 1.165) is 5.56 Å². The van der Waals surface area contributed by atoms with E-state index in [0.29, 0.717) is 29.2 Å². The fourth-order valence-corrected chi connectivity index (χ4v) is 2.93. The molecule has 2 aromatic carbocycles. The Bertz CT molecular complexity index is 895. The molecule has 0 aromatic heterocycles. The van der Waals surface area contributed by atoms with Crippen molar-refractivity contribution in [2.45, 2.75) is 12.5 Å². The normalized spacial score (nSPS) is 15.8. The number of benzene rings is 2. The third-order valence-electron chi connectivity index (χ3n) is 4.33. The molecule has 2 amide bonds. The minimum atomic E-state index is -1.16. The van der Waals surface area contributed by atoms with Crippen molar-refractivity contribution in [1.29, 1.82) is 0 Å². The minimum Gasteiger partial charge on any atom is -0.493 e. The van der Waals surface area contributed by atoms with Crippen LogP contribution in [0.2, 0.25) is 0 Å². The van der Waals surface area contributed by atoms with Gasteiger partial charge >= 0.3 is 6.09 Å². The van der Waals surface area contributed by atoms with Gasteiger partial charge in [0.15, 0.2) is 11.5 Å². The molecule has 0 radical (unpaired) electrons. The van der Waals surface area contributed by atoms with Crippen LogP contribution in [0.3, 0.4) is 0 Å². The molecule has 1 atom stereocenters. The van der Waals surface area contributed by atoms with Crippen molar-refractivity contribution in [1.82, 2.24) is 10.4 Å². The van der Waals surface area contributed by atoms with Crippen LogP contribution in [0.5, 0.6) is 11.5 Å². The predicted octanol–water partition coefficient (Wildman–Crippen LogP) is 3.40. The Kier molecular flexibility index (Phi) is 5.81. The van der Waals surface area contributed by atoms with Gasteiger partial charge in [0.25, 0.3) is 5.91 Å². The number of nitrogens with one attached hydrogen (secondary N) is 2. The van der Waals surface area contributed by atoms with Crippen LogP contribution in [0.1, 0.15) is 28.4 Å². The van der Waals surface area contributed by atoms with Gasteiger partial charge in [-0.15, -0.1) is 0 Å². The van der Waals surface area contributed by atoms with Crippen LogP contribution >= 0.6 is 0 Å². The maximum atomic E-state index is 12.8. The smallest absolute Gasteiger partial charge is 0.409 e. The second-order valence-corrected chi connectivity index (χ2v) is 6.10. The van der Waals surface area contributed by atoms with Crippen LogP contribution in [0, 0.1) is 0 Å². The van der Waals surface area contributed by atoms with E-state index in [9.17, 15) is 9.59 Å². The number of anilines is 1. The topological polar surface area (TPSA) is 100 Å². The molecule has 28 heavy (non-hydrogen) atoms. The molecule has 1 aliphatic rings. The lowest BCUT2D eigenvalue weighted by Gasteiger charge is -2.30. The summed E-state index contributed by atoms with van der Waals surface area (Å²) in [4.78, 5) is 23.4. The number of carbonyl (C=O) groups is 2. The van der Waals surface area contributed by atoms with E-state index in [1.165, 1.54) is 5.01 Å². The fourth-order valence-electron chi connectivity index (χ4n) is 2.93. The SMILES string of the molecule is COc1ccc(C2CC=CN(C(=O)c3ccc(NC(=O)O)cc3)N2)cc1OC. The molecular formula is C20H21N3O5. The van der Waals surface area contributed by atoms with E-state index in [-0.39, 0.29) is 11.9 Å². The number of nitrogens with zero attached hydrogens (tertiary/aromatic N) is 1. The quantitative estimate of drug-likeness (QED) is 0.732.